The number of rotatable bonds is 8. The Bertz CT molecular complexity index is 782. The van der Waals surface area contributed by atoms with Crippen molar-refractivity contribution >= 4 is 23.7 Å². The minimum absolute atomic E-state index is 0.205. The number of primary amides is 1. The maximum Gasteiger partial charge on any atom is 0.261 e. The molecule has 0 aromatic heterocycles. The molecule has 2 aliphatic heterocycles. The normalized spacial score (nSPS) is 17.9. The number of amides is 3. The van der Waals surface area contributed by atoms with Crippen LogP contribution in [-0.2, 0) is 4.79 Å². The highest BCUT2D eigenvalue weighted by atomic mass is 16.2. The molecular formula is C21H30N6O3. The number of guanidine groups is 1. The Morgan fingerprint density at radius 1 is 1.13 bits per heavy atom. The van der Waals surface area contributed by atoms with Crippen molar-refractivity contribution in [3.05, 3.63) is 35.4 Å². The van der Waals surface area contributed by atoms with E-state index in [0.717, 1.165) is 44.7 Å². The highest BCUT2D eigenvalue weighted by molar-refractivity contribution is 6.21. The van der Waals surface area contributed by atoms with E-state index in [0.29, 0.717) is 36.8 Å². The second kappa shape index (κ2) is 10.2. The van der Waals surface area contributed by atoms with Crippen LogP contribution in [0.25, 0.3) is 0 Å². The van der Waals surface area contributed by atoms with E-state index < -0.39 is 0 Å². The quantitative estimate of drug-likeness (QED) is 0.242. The summed E-state index contributed by atoms with van der Waals surface area (Å²) in [5.74, 6) is 0.0385. The van der Waals surface area contributed by atoms with E-state index in [9.17, 15) is 14.4 Å². The summed E-state index contributed by atoms with van der Waals surface area (Å²) in [6.45, 7) is 3.09. The first-order valence-electron chi connectivity index (χ1n) is 10.4. The molecule has 0 bridgehead atoms. The Hall–Kier alpha value is -2.94. The molecule has 0 aliphatic carbocycles. The van der Waals surface area contributed by atoms with E-state index in [-0.39, 0.29) is 17.7 Å². The molecule has 2 aliphatic rings. The van der Waals surface area contributed by atoms with E-state index in [1.165, 1.54) is 4.90 Å². The third kappa shape index (κ3) is 5.35. The van der Waals surface area contributed by atoms with Gasteiger partial charge in [0.25, 0.3) is 11.8 Å². The van der Waals surface area contributed by atoms with Gasteiger partial charge in [-0.15, -0.1) is 0 Å². The molecule has 1 aromatic rings. The molecule has 9 nitrogen and oxygen atoms in total. The molecular weight excluding hydrogens is 384 g/mol. The minimum atomic E-state index is -0.292. The van der Waals surface area contributed by atoms with E-state index in [4.69, 9.17) is 5.73 Å². The maximum absolute atomic E-state index is 12.4. The summed E-state index contributed by atoms with van der Waals surface area (Å²) in [6.07, 6.45) is 3.38. The molecule has 0 saturated carbocycles. The standard InChI is InChI=1S/C21H30N6O3/c1-23-21(25-15-8-12-26(13-9-15)14-18(22)28)24-10-4-5-11-27-19(29)16-6-2-3-7-17(16)20(27)30/h2-3,6-7,15H,4-5,8-14H2,1H3,(H2,22,28)(H2,23,24,25). The van der Waals surface area contributed by atoms with Gasteiger partial charge in [0, 0.05) is 39.3 Å². The summed E-state index contributed by atoms with van der Waals surface area (Å²) >= 11 is 0. The summed E-state index contributed by atoms with van der Waals surface area (Å²) in [6, 6.07) is 7.25. The molecule has 0 atom stereocenters. The summed E-state index contributed by atoms with van der Waals surface area (Å²) < 4.78 is 0. The van der Waals surface area contributed by atoms with Crippen molar-refractivity contribution in [1.29, 1.82) is 0 Å². The molecule has 30 heavy (non-hydrogen) atoms. The minimum Gasteiger partial charge on any atom is -0.369 e. The lowest BCUT2D eigenvalue weighted by atomic mass is 10.1. The number of likely N-dealkylation sites (tertiary alicyclic amines) is 1. The number of carbonyl (C=O) groups is 3. The molecule has 3 rings (SSSR count). The van der Waals surface area contributed by atoms with Gasteiger partial charge in [0.2, 0.25) is 5.91 Å². The Kier molecular flexibility index (Phi) is 7.40. The van der Waals surface area contributed by atoms with Crippen molar-refractivity contribution in [3.63, 3.8) is 0 Å². The molecule has 0 unspecified atom stereocenters. The van der Waals surface area contributed by atoms with Crippen molar-refractivity contribution in [2.75, 3.05) is 39.8 Å². The highest BCUT2D eigenvalue weighted by Gasteiger charge is 2.34. The van der Waals surface area contributed by atoms with Crippen LogP contribution in [0.4, 0.5) is 0 Å². The first-order valence-corrected chi connectivity index (χ1v) is 10.4. The lowest BCUT2D eigenvalue weighted by molar-refractivity contribution is -0.119. The molecule has 1 saturated heterocycles. The molecule has 162 valence electrons. The van der Waals surface area contributed by atoms with Crippen LogP contribution in [0.3, 0.4) is 0 Å². The van der Waals surface area contributed by atoms with Gasteiger partial charge in [-0.2, -0.15) is 0 Å². The smallest absolute Gasteiger partial charge is 0.261 e. The van der Waals surface area contributed by atoms with Crippen molar-refractivity contribution in [2.45, 2.75) is 31.7 Å². The first-order chi connectivity index (χ1) is 14.5. The predicted molar refractivity (Wildman–Crippen MR) is 114 cm³/mol. The molecule has 1 aromatic carbocycles. The van der Waals surface area contributed by atoms with Crippen LogP contribution in [0.2, 0.25) is 0 Å². The van der Waals surface area contributed by atoms with Gasteiger partial charge >= 0.3 is 0 Å². The lowest BCUT2D eigenvalue weighted by Crippen LogP contribution is -2.50. The topological polar surface area (TPSA) is 120 Å². The SMILES string of the molecule is CN=C(NCCCCN1C(=O)c2ccccc2C1=O)NC1CCN(CC(N)=O)CC1. The van der Waals surface area contributed by atoms with Crippen LogP contribution in [0.5, 0.6) is 0 Å². The number of hydrogen-bond acceptors (Lipinski definition) is 5. The molecule has 0 spiro atoms. The summed E-state index contributed by atoms with van der Waals surface area (Å²) in [5, 5.41) is 6.70. The van der Waals surface area contributed by atoms with Gasteiger partial charge in [0.05, 0.1) is 17.7 Å². The number of aliphatic imine (C=N–C) groups is 1. The van der Waals surface area contributed by atoms with Gasteiger partial charge in [-0.05, 0) is 37.8 Å². The summed E-state index contributed by atoms with van der Waals surface area (Å²) in [5.41, 5.74) is 6.24. The Balaban J connectivity index is 1.34. The zero-order valence-electron chi connectivity index (χ0n) is 17.4. The monoisotopic (exact) mass is 414 g/mol. The van der Waals surface area contributed by atoms with Crippen LogP contribution >= 0.6 is 0 Å². The number of nitrogens with zero attached hydrogens (tertiary/aromatic N) is 3. The fourth-order valence-electron chi connectivity index (χ4n) is 3.89. The number of nitrogens with one attached hydrogen (secondary N) is 2. The molecule has 9 heteroatoms. The maximum atomic E-state index is 12.4. The first kappa shape index (κ1) is 21.8. The second-order valence-electron chi connectivity index (χ2n) is 7.67. The molecule has 1 fully saturated rings. The van der Waals surface area contributed by atoms with Crippen molar-refractivity contribution in [3.8, 4) is 0 Å². The fourth-order valence-corrected chi connectivity index (χ4v) is 3.89. The van der Waals surface area contributed by atoms with E-state index in [2.05, 4.69) is 20.5 Å². The number of benzene rings is 1. The van der Waals surface area contributed by atoms with E-state index >= 15 is 0 Å². The third-order valence-electron chi connectivity index (χ3n) is 5.51. The zero-order chi connectivity index (χ0) is 21.5. The third-order valence-corrected chi connectivity index (χ3v) is 5.51. The van der Waals surface area contributed by atoms with Crippen molar-refractivity contribution in [2.24, 2.45) is 10.7 Å². The Morgan fingerprint density at radius 3 is 2.33 bits per heavy atom. The molecule has 2 heterocycles. The summed E-state index contributed by atoms with van der Waals surface area (Å²) in [7, 11) is 1.73. The highest BCUT2D eigenvalue weighted by Crippen LogP contribution is 2.22. The second-order valence-corrected chi connectivity index (χ2v) is 7.67. The number of fused-ring (bicyclic) bond motifs is 1. The predicted octanol–water partition coefficient (Wildman–Crippen LogP) is 0.178. The number of piperidine rings is 1. The summed E-state index contributed by atoms with van der Waals surface area (Å²) in [4.78, 5) is 43.4. The Morgan fingerprint density at radius 2 is 1.77 bits per heavy atom. The fraction of sp³-hybridized carbons (Fsp3) is 0.524. The number of unbranched alkanes of at least 4 members (excludes halogenated alkanes) is 1. The number of imide groups is 1. The van der Waals surface area contributed by atoms with Crippen LogP contribution < -0.4 is 16.4 Å². The average molecular weight is 415 g/mol. The van der Waals surface area contributed by atoms with E-state index in [1.807, 2.05) is 0 Å². The largest absolute Gasteiger partial charge is 0.369 e. The van der Waals surface area contributed by atoms with Crippen LogP contribution in [0.1, 0.15) is 46.4 Å². The van der Waals surface area contributed by atoms with Crippen molar-refractivity contribution < 1.29 is 14.4 Å². The molecule has 3 amide bonds. The van der Waals surface area contributed by atoms with Gasteiger partial charge in [0.15, 0.2) is 5.96 Å². The lowest BCUT2D eigenvalue weighted by Gasteiger charge is -2.32. The number of carbonyl (C=O) groups excluding carboxylic acids is 3. The zero-order valence-corrected chi connectivity index (χ0v) is 17.4. The molecule has 4 N–H and O–H groups in total. The molecule has 0 radical (unpaired) electrons. The number of hydrogen-bond donors (Lipinski definition) is 3. The average Bonchev–Trinajstić information content (AvgIpc) is 2.98. The number of nitrogens with two attached hydrogens (primary N) is 1. The van der Waals surface area contributed by atoms with Crippen molar-refractivity contribution in [1.82, 2.24) is 20.4 Å². The van der Waals surface area contributed by atoms with Gasteiger partial charge < -0.3 is 16.4 Å². The van der Waals surface area contributed by atoms with Crippen LogP contribution in [-0.4, -0.2) is 79.3 Å². The van der Waals surface area contributed by atoms with Crippen LogP contribution in [0, 0.1) is 0 Å². The Labute approximate surface area is 176 Å². The van der Waals surface area contributed by atoms with Gasteiger partial charge in [-0.25, -0.2) is 0 Å². The van der Waals surface area contributed by atoms with Gasteiger partial charge in [0.1, 0.15) is 0 Å². The van der Waals surface area contributed by atoms with Crippen LogP contribution in [0.15, 0.2) is 29.3 Å². The van der Waals surface area contributed by atoms with E-state index in [1.54, 1.807) is 31.3 Å². The van der Waals surface area contributed by atoms with Gasteiger partial charge in [-0.1, -0.05) is 12.1 Å². The van der Waals surface area contributed by atoms with Gasteiger partial charge in [-0.3, -0.25) is 29.2 Å².